The van der Waals surface area contributed by atoms with Gasteiger partial charge in [-0.2, -0.15) is 15.6 Å². The Morgan fingerprint density at radius 2 is 1.79 bits per heavy atom. The molecule has 28 heavy (non-hydrogen) atoms. The molecule has 5 nitrogen and oxygen atoms in total. The molecule has 1 fully saturated rings. The third kappa shape index (κ3) is 4.82. The fourth-order valence-electron chi connectivity index (χ4n) is 3.38. The fourth-order valence-corrected chi connectivity index (χ4v) is 5.50. The molecule has 1 aromatic heterocycles. The molecule has 1 aromatic carbocycles. The van der Waals surface area contributed by atoms with Gasteiger partial charge in [0.15, 0.2) is 0 Å². The number of thiophene rings is 1. The van der Waals surface area contributed by atoms with E-state index in [-0.39, 0.29) is 5.91 Å². The van der Waals surface area contributed by atoms with Crippen molar-refractivity contribution in [3.63, 3.8) is 0 Å². The number of aryl methyl sites for hydroxylation is 1. The lowest BCUT2D eigenvalue weighted by Gasteiger charge is -2.34. The second-order valence-corrected chi connectivity index (χ2v) is 10.0. The molecule has 152 valence electrons. The van der Waals surface area contributed by atoms with E-state index in [1.807, 2.05) is 23.6 Å². The van der Waals surface area contributed by atoms with Gasteiger partial charge in [0.1, 0.15) is 0 Å². The van der Waals surface area contributed by atoms with Crippen molar-refractivity contribution in [1.82, 2.24) is 9.21 Å². The van der Waals surface area contributed by atoms with Crippen LogP contribution < -0.4 is 0 Å². The minimum absolute atomic E-state index is 0.0983. The Kier molecular flexibility index (Phi) is 6.91. The van der Waals surface area contributed by atoms with Gasteiger partial charge in [-0.15, -0.1) is 0 Å². The predicted octanol–water partition coefficient (Wildman–Crippen LogP) is 3.73. The van der Waals surface area contributed by atoms with Crippen LogP contribution in [0.4, 0.5) is 0 Å². The summed E-state index contributed by atoms with van der Waals surface area (Å²) in [6, 6.07) is 9.26. The average Bonchev–Trinajstić information content (AvgIpc) is 3.25. The highest BCUT2D eigenvalue weighted by Crippen LogP contribution is 2.23. The number of amides is 1. The summed E-state index contributed by atoms with van der Waals surface area (Å²) in [6.07, 6.45) is 2.23. The van der Waals surface area contributed by atoms with Crippen LogP contribution >= 0.6 is 11.3 Å². The molecule has 1 atom stereocenters. The number of hydrogen-bond acceptors (Lipinski definition) is 4. The van der Waals surface area contributed by atoms with Crippen LogP contribution in [0.3, 0.4) is 0 Å². The van der Waals surface area contributed by atoms with Crippen LogP contribution in [0.2, 0.25) is 0 Å². The molecule has 0 aliphatic carbocycles. The minimum atomic E-state index is -3.51. The van der Waals surface area contributed by atoms with Crippen molar-refractivity contribution in [2.24, 2.45) is 0 Å². The van der Waals surface area contributed by atoms with Crippen molar-refractivity contribution in [3.05, 3.63) is 52.2 Å². The molecule has 0 spiro atoms. The third-order valence-electron chi connectivity index (χ3n) is 5.50. The van der Waals surface area contributed by atoms with Crippen molar-refractivity contribution < 1.29 is 13.2 Å². The second-order valence-electron chi connectivity index (χ2n) is 7.29. The number of benzene rings is 1. The average molecular weight is 421 g/mol. The van der Waals surface area contributed by atoms with Gasteiger partial charge in [0, 0.05) is 32.6 Å². The third-order valence-corrected chi connectivity index (χ3v) is 8.14. The van der Waals surface area contributed by atoms with Gasteiger partial charge in [-0.3, -0.25) is 4.79 Å². The summed E-state index contributed by atoms with van der Waals surface area (Å²) in [5.41, 5.74) is 2.34. The maximum atomic E-state index is 12.9. The smallest absolute Gasteiger partial charge is 0.243 e. The first-order valence-electron chi connectivity index (χ1n) is 9.80. The first kappa shape index (κ1) is 21.0. The Bertz CT molecular complexity index is 869. The highest BCUT2D eigenvalue weighted by Gasteiger charge is 2.30. The summed E-state index contributed by atoms with van der Waals surface area (Å²) in [7, 11) is -3.51. The van der Waals surface area contributed by atoms with Crippen LogP contribution in [0.15, 0.2) is 46.0 Å². The Labute approximate surface area is 172 Å². The van der Waals surface area contributed by atoms with Crippen molar-refractivity contribution in [2.45, 2.75) is 43.9 Å². The highest BCUT2D eigenvalue weighted by molar-refractivity contribution is 7.89. The van der Waals surface area contributed by atoms with Gasteiger partial charge in [0.2, 0.25) is 15.9 Å². The van der Waals surface area contributed by atoms with Gasteiger partial charge >= 0.3 is 0 Å². The second kappa shape index (κ2) is 9.20. The molecular formula is C21H28N2O3S2. The van der Waals surface area contributed by atoms with Gasteiger partial charge in [-0.25, -0.2) is 8.42 Å². The molecular weight excluding hydrogens is 392 g/mol. The van der Waals surface area contributed by atoms with Crippen LogP contribution in [0.25, 0.3) is 0 Å². The normalized spacial score (nSPS) is 16.9. The molecule has 2 heterocycles. The van der Waals surface area contributed by atoms with E-state index in [0.717, 1.165) is 18.4 Å². The van der Waals surface area contributed by atoms with Crippen molar-refractivity contribution in [2.75, 3.05) is 26.2 Å². The van der Waals surface area contributed by atoms with E-state index in [9.17, 15) is 13.2 Å². The summed E-state index contributed by atoms with van der Waals surface area (Å²) in [6.45, 7) is 5.85. The zero-order chi connectivity index (χ0) is 20.1. The van der Waals surface area contributed by atoms with E-state index >= 15 is 0 Å². The van der Waals surface area contributed by atoms with Crippen molar-refractivity contribution >= 4 is 27.3 Å². The minimum Gasteiger partial charge on any atom is -0.340 e. The van der Waals surface area contributed by atoms with E-state index in [0.29, 0.717) is 43.4 Å². The fraction of sp³-hybridized carbons (Fsp3) is 0.476. The molecule has 0 saturated carbocycles. The SMILES string of the molecule is CCC(C)c1ccc(S(=O)(=O)N2CCN(C(=O)CCc3ccsc3)CC2)cc1. The van der Waals surface area contributed by atoms with Gasteiger partial charge in [-0.1, -0.05) is 26.0 Å². The summed E-state index contributed by atoms with van der Waals surface area (Å²) >= 11 is 1.63. The van der Waals surface area contributed by atoms with E-state index in [2.05, 4.69) is 19.2 Å². The monoisotopic (exact) mass is 420 g/mol. The zero-order valence-corrected chi connectivity index (χ0v) is 18.1. The maximum Gasteiger partial charge on any atom is 0.243 e. The molecule has 1 unspecified atom stereocenters. The summed E-state index contributed by atoms with van der Waals surface area (Å²) < 4.78 is 27.3. The Morgan fingerprint density at radius 1 is 1.11 bits per heavy atom. The lowest BCUT2D eigenvalue weighted by atomic mass is 9.99. The highest BCUT2D eigenvalue weighted by atomic mass is 32.2. The first-order valence-corrected chi connectivity index (χ1v) is 12.2. The number of hydrogen-bond donors (Lipinski definition) is 0. The van der Waals surface area contributed by atoms with Crippen molar-refractivity contribution in [3.8, 4) is 0 Å². The Balaban J connectivity index is 1.56. The Hall–Kier alpha value is -1.70. The number of sulfonamides is 1. The van der Waals surface area contributed by atoms with Crippen LogP contribution in [0, 0.1) is 0 Å². The van der Waals surface area contributed by atoms with E-state index in [4.69, 9.17) is 0 Å². The lowest BCUT2D eigenvalue weighted by molar-refractivity contribution is -0.132. The van der Waals surface area contributed by atoms with Gasteiger partial charge in [-0.05, 0) is 58.8 Å². The van der Waals surface area contributed by atoms with Crippen LogP contribution in [0.1, 0.15) is 43.7 Å². The molecule has 3 rings (SSSR count). The molecule has 0 bridgehead atoms. The summed E-state index contributed by atoms with van der Waals surface area (Å²) in [4.78, 5) is 14.5. The lowest BCUT2D eigenvalue weighted by Crippen LogP contribution is -2.50. The molecule has 1 aliphatic rings. The largest absolute Gasteiger partial charge is 0.340 e. The molecule has 2 aromatic rings. The molecule has 1 amide bonds. The molecule has 0 N–H and O–H groups in total. The molecule has 0 radical (unpaired) electrons. The molecule has 1 aliphatic heterocycles. The number of carbonyl (C=O) groups is 1. The molecule has 7 heteroatoms. The Morgan fingerprint density at radius 3 is 2.36 bits per heavy atom. The number of carbonyl (C=O) groups excluding carboxylic acids is 1. The zero-order valence-electron chi connectivity index (χ0n) is 16.5. The maximum absolute atomic E-state index is 12.9. The van der Waals surface area contributed by atoms with E-state index in [1.54, 1.807) is 28.4 Å². The topological polar surface area (TPSA) is 57.7 Å². The van der Waals surface area contributed by atoms with Gasteiger partial charge in [0.05, 0.1) is 4.90 Å². The van der Waals surface area contributed by atoms with Crippen LogP contribution in [-0.2, 0) is 21.2 Å². The predicted molar refractivity (Wildman–Crippen MR) is 113 cm³/mol. The van der Waals surface area contributed by atoms with E-state index < -0.39 is 10.0 Å². The number of rotatable bonds is 7. The van der Waals surface area contributed by atoms with Gasteiger partial charge < -0.3 is 4.90 Å². The molecule has 1 saturated heterocycles. The summed E-state index contributed by atoms with van der Waals surface area (Å²) in [5.74, 6) is 0.515. The summed E-state index contributed by atoms with van der Waals surface area (Å²) in [5, 5.41) is 4.07. The van der Waals surface area contributed by atoms with Crippen molar-refractivity contribution in [1.29, 1.82) is 0 Å². The quantitative estimate of drug-likeness (QED) is 0.686. The van der Waals surface area contributed by atoms with Crippen LogP contribution in [-0.4, -0.2) is 49.7 Å². The number of piperazine rings is 1. The van der Waals surface area contributed by atoms with Crippen LogP contribution in [0.5, 0.6) is 0 Å². The standard InChI is InChI=1S/C21H28N2O3S2/c1-3-17(2)19-5-7-20(8-6-19)28(25,26)23-13-11-22(12-14-23)21(24)9-4-18-10-15-27-16-18/h5-8,10,15-17H,3-4,9,11-14H2,1-2H3. The van der Waals surface area contributed by atoms with Gasteiger partial charge in [0.25, 0.3) is 0 Å². The van der Waals surface area contributed by atoms with E-state index in [1.165, 1.54) is 9.87 Å². The first-order chi connectivity index (χ1) is 13.4. The number of nitrogens with zero attached hydrogens (tertiary/aromatic N) is 2.